The first-order chi connectivity index (χ1) is 11.4. The molecule has 1 heterocycles. The van der Waals surface area contributed by atoms with E-state index in [4.69, 9.17) is 4.74 Å². The zero-order valence-corrected chi connectivity index (χ0v) is 14.7. The summed E-state index contributed by atoms with van der Waals surface area (Å²) in [5, 5.41) is 10.3. The van der Waals surface area contributed by atoms with Crippen LogP contribution in [0.2, 0.25) is 0 Å². The van der Waals surface area contributed by atoms with Gasteiger partial charge >= 0.3 is 0 Å². The SMILES string of the molecule is COCCN1C(=O)C(O)=C(C(=O)CC(C)C)C1c1cccc(C)c1. The predicted molar refractivity (Wildman–Crippen MR) is 91.6 cm³/mol. The molecule has 1 amide bonds. The number of ketones is 1. The lowest BCUT2D eigenvalue weighted by Crippen LogP contribution is -2.34. The Hall–Kier alpha value is -2.14. The number of amides is 1. The van der Waals surface area contributed by atoms with Crippen LogP contribution in [-0.4, -0.2) is 42.0 Å². The monoisotopic (exact) mass is 331 g/mol. The van der Waals surface area contributed by atoms with Crippen molar-refractivity contribution >= 4 is 11.7 Å². The highest BCUT2D eigenvalue weighted by atomic mass is 16.5. The Morgan fingerprint density at radius 2 is 2.08 bits per heavy atom. The number of aliphatic hydroxyl groups excluding tert-OH is 1. The minimum Gasteiger partial charge on any atom is -0.503 e. The average molecular weight is 331 g/mol. The van der Waals surface area contributed by atoms with Gasteiger partial charge in [0, 0.05) is 20.1 Å². The molecule has 0 spiro atoms. The molecule has 5 heteroatoms. The third-order valence-corrected chi connectivity index (χ3v) is 4.09. The number of ether oxygens (including phenoxy) is 1. The summed E-state index contributed by atoms with van der Waals surface area (Å²) in [7, 11) is 1.56. The number of nitrogens with zero attached hydrogens (tertiary/aromatic N) is 1. The number of hydrogen-bond acceptors (Lipinski definition) is 4. The van der Waals surface area contributed by atoms with Crippen LogP contribution < -0.4 is 0 Å². The second-order valence-electron chi connectivity index (χ2n) is 6.59. The fourth-order valence-electron chi connectivity index (χ4n) is 3.03. The molecule has 2 rings (SSSR count). The van der Waals surface area contributed by atoms with Crippen LogP contribution in [-0.2, 0) is 14.3 Å². The number of methoxy groups -OCH3 is 1. The Morgan fingerprint density at radius 3 is 2.67 bits per heavy atom. The van der Waals surface area contributed by atoms with Gasteiger partial charge in [0.05, 0.1) is 18.2 Å². The average Bonchev–Trinajstić information content (AvgIpc) is 2.76. The van der Waals surface area contributed by atoms with Gasteiger partial charge in [-0.05, 0) is 18.4 Å². The summed E-state index contributed by atoms with van der Waals surface area (Å²) in [5.41, 5.74) is 2.07. The zero-order chi connectivity index (χ0) is 17.9. The van der Waals surface area contributed by atoms with Crippen molar-refractivity contribution in [1.82, 2.24) is 4.90 Å². The third-order valence-electron chi connectivity index (χ3n) is 4.09. The van der Waals surface area contributed by atoms with Crippen molar-refractivity contribution in [3.63, 3.8) is 0 Å². The van der Waals surface area contributed by atoms with Crippen molar-refractivity contribution in [2.75, 3.05) is 20.3 Å². The molecule has 1 aromatic carbocycles. The van der Waals surface area contributed by atoms with Gasteiger partial charge in [-0.3, -0.25) is 9.59 Å². The van der Waals surface area contributed by atoms with E-state index >= 15 is 0 Å². The number of rotatable bonds is 7. The highest BCUT2D eigenvalue weighted by Crippen LogP contribution is 2.38. The zero-order valence-electron chi connectivity index (χ0n) is 14.7. The second-order valence-corrected chi connectivity index (χ2v) is 6.59. The molecule has 0 saturated heterocycles. The summed E-state index contributed by atoms with van der Waals surface area (Å²) in [5.74, 6) is -0.963. The fourth-order valence-corrected chi connectivity index (χ4v) is 3.03. The smallest absolute Gasteiger partial charge is 0.290 e. The molecule has 0 radical (unpaired) electrons. The maximum Gasteiger partial charge on any atom is 0.290 e. The van der Waals surface area contributed by atoms with Gasteiger partial charge in [-0.2, -0.15) is 0 Å². The van der Waals surface area contributed by atoms with Crippen LogP contribution in [0.25, 0.3) is 0 Å². The fraction of sp³-hybridized carbons (Fsp3) is 0.474. The minimum absolute atomic E-state index is 0.152. The standard InChI is InChI=1S/C19H25NO4/c1-12(2)10-15(21)16-17(14-7-5-6-13(3)11-14)20(8-9-24-4)19(23)18(16)22/h5-7,11-12,17,22H,8-10H2,1-4H3. The quantitative estimate of drug-likeness (QED) is 0.834. The molecular weight excluding hydrogens is 306 g/mol. The van der Waals surface area contributed by atoms with Crippen molar-refractivity contribution in [3.8, 4) is 0 Å². The third kappa shape index (κ3) is 3.67. The van der Waals surface area contributed by atoms with Gasteiger partial charge in [-0.25, -0.2) is 0 Å². The lowest BCUT2D eigenvalue weighted by Gasteiger charge is -2.27. The number of carbonyl (C=O) groups excluding carboxylic acids is 2. The van der Waals surface area contributed by atoms with Crippen LogP contribution in [0.4, 0.5) is 0 Å². The van der Waals surface area contributed by atoms with Gasteiger partial charge in [0.1, 0.15) is 0 Å². The topological polar surface area (TPSA) is 66.8 Å². The van der Waals surface area contributed by atoms with Crippen molar-refractivity contribution in [3.05, 3.63) is 46.7 Å². The Kier molecular flexibility index (Phi) is 5.78. The van der Waals surface area contributed by atoms with Gasteiger partial charge in [0.25, 0.3) is 5.91 Å². The Bertz CT molecular complexity index is 663. The Morgan fingerprint density at radius 1 is 1.38 bits per heavy atom. The van der Waals surface area contributed by atoms with Gasteiger partial charge in [0.2, 0.25) is 0 Å². The minimum atomic E-state index is -0.557. The summed E-state index contributed by atoms with van der Waals surface area (Å²) < 4.78 is 5.08. The molecule has 1 N–H and O–H groups in total. The number of Topliss-reactive ketones (excluding diaryl/α,β-unsaturated/α-hetero) is 1. The van der Waals surface area contributed by atoms with E-state index in [1.54, 1.807) is 7.11 Å². The van der Waals surface area contributed by atoms with Crippen molar-refractivity contribution in [2.24, 2.45) is 5.92 Å². The number of carbonyl (C=O) groups is 2. The van der Waals surface area contributed by atoms with Crippen molar-refractivity contribution in [1.29, 1.82) is 0 Å². The largest absolute Gasteiger partial charge is 0.503 e. The molecular formula is C19H25NO4. The van der Waals surface area contributed by atoms with E-state index in [0.717, 1.165) is 11.1 Å². The molecule has 0 saturated carbocycles. The normalized spacial score (nSPS) is 18.0. The van der Waals surface area contributed by atoms with Crippen molar-refractivity contribution in [2.45, 2.75) is 33.2 Å². The summed E-state index contributed by atoms with van der Waals surface area (Å²) in [6.07, 6.45) is 0.299. The van der Waals surface area contributed by atoms with Crippen LogP contribution in [0, 0.1) is 12.8 Å². The lowest BCUT2D eigenvalue weighted by molar-refractivity contribution is -0.130. The van der Waals surface area contributed by atoms with E-state index in [-0.39, 0.29) is 17.3 Å². The summed E-state index contributed by atoms with van der Waals surface area (Å²) >= 11 is 0. The Labute approximate surface area is 142 Å². The molecule has 1 aliphatic heterocycles. The maximum atomic E-state index is 12.7. The first-order valence-electron chi connectivity index (χ1n) is 8.19. The highest BCUT2D eigenvalue weighted by molar-refractivity contribution is 6.09. The van der Waals surface area contributed by atoms with E-state index in [9.17, 15) is 14.7 Å². The van der Waals surface area contributed by atoms with Gasteiger partial charge < -0.3 is 14.7 Å². The molecule has 0 aromatic heterocycles. The highest BCUT2D eigenvalue weighted by Gasteiger charge is 2.43. The van der Waals surface area contributed by atoms with E-state index in [1.807, 2.05) is 45.0 Å². The second kappa shape index (κ2) is 7.62. The van der Waals surface area contributed by atoms with E-state index in [2.05, 4.69) is 0 Å². The summed E-state index contributed by atoms with van der Waals surface area (Å²) in [6, 6.07) is 7.12. The van der Waals surface area contributed by atoms with E-state index in [1.165, 1.54) is 4.90 Å². The van der Waals surface area contributed by atoms with Crippen LogP contribution in [0.1, 0.15) is 37.4 Å². The molecule has 1 aliphatic rings. The predicted octanol–water partition coefficient (Wildman–Crippen LogP) is 2.95. The lowest BCUT2D eigenvalue weighted by atomic mass is 9.91. The van der Waals surface area contributed by atoms with Gasteiger partial charge in [0.15, 0.2) is 11.5 Å². The molecule has 130 valence electrons. The van der Waals surface area contributed by atoms with Gasteiger partial charge in [-0.15, -0.1) is 0 Å². The number of hydrogen-bond donors (Lipinski definition) is 1. The van der Waals surface area contributed by atoms with Crippen LogP contribution >= 0.6 is 0 Å². The molecule has 1 aromatic rings. The molecule has 0 aliphatic carbocycles. The molecule has 1 unspecified atom stereocenters. The molecule has 0 fully saturated rings. The first kappa shape index (κ1) is 18.2. The maximum absolute atomic E-state index is 12.7. The number of aliphatic hydroxyl groups is 1. The molecule has 24 heavy (non-hydrogen) atoms. The van der Waals surface area contributed by atoms with Crippen molar-refractivity contribution < 1.29 is 19.4 Å². The molecule has 0 bridgehead atoms. The molecule has 5 nitrogen and oxygen atoms in total. The Balaban J connectivity index is 2.47. The number of benzene rings is 1. The van der Waals surface area contributed by atoms with Crippen LogP contribution in [0.5, 0.6) is 0 Å². The summed E-state index contributed by atoms with van der Waals surface area (Å²) in [6.45, 7) is 6.50. The van der Waals surface area contributed by atoms with E-state index in [0.29, 0.717) is 19.6 Å². The number of aryl methyl sites for hydroxylation is 1. The van der Waals surface area contributed by atoms with E-state index < -0.39 is 17.7 Å². The summed E-state index contributed by atoms with van der Waals surface area (Å²) in [4.78, 5) is 26.7. The van der Waals surface area contributed by atoms with Crippen LogP contribution in [0.3, 0.4) is 0 Å². The molecule has 1 atom stereocenters. The van der Waals surface area contributed by atoms with Crippen LogP contribution in [0.15, 0.2) is 35.6 Å². The first-order valence-corrected chi connectivity index (χ1v) is 8.19. The van der Waals surface area contributed by atoms with Gasteiger partial charge in [-0.1, -0.05) is 43.7 Å².